The Balaban J connectivity index is 2.82. The summed E-state index contributed by atoms with van der Waals surface area (Å²) in [5.41, 5.74) is 6.05. The van der Waals surface area contributed by atoms with Gasteiger partial charge < -0.3 is 10.8 Å². The molecular formula is C9H9Cl2NO2. The van der Waals surface area contributed by atoms with E-state index in [0.717, 1.165) is 0 Å². The molecule has 0 saturated heterocycles. The second kappa shape index (κ2) is 4.64. The molecule has 1 atom stereocenters. The summed E-state index contributed by atoms with van der Waals surface area (Å²) in [6, 6.07) is 3.95. The van der Waals surface area contributed by atoms with Crippen LogP contribution in [0, 0.1) is 0 Å². The van der Waals surface area contributed by atoms with Crippen LogP contribution >= 0.6 is 23.2 Å². The van der Waals surface area contributed by atoms with Gasteiger partial charge >= 0.3 is 5.97 Å². The maximum Gasteiger partial charge on any atom is 0.320 e. The van der Waals surface area contributed by atoms with Crippen molar-refractivity contribution in [3.63, 3.8) is 0 Å². The number of carboxylic acid groups (broad SMARTS) is 1. The minimum Gasteiger partial charge on any atom is -0.480 e. The summed E-state index contributed by atoms with van der Waals surface area (Å²) >= 11 is 11.5. The molecule has 0 aliphatic rings. The minimum atomic E-state index is -1.05. The van der Waals surface area contributed by atoms with Crippen molar-refractivity contribution in [2.24, 2.45) is 5.73 Å². The third kappa shape index (κ3) is 2.87. The SMILES string of the molecule is N[C@@H](Cc1ccc(Cl)cc1Cl)C(=O)O. The van der Waals surface area contributed by atoms with Crippen molar-refractivity contribution in [2.75, 3.05) is 0 Å². The summed E-state index contributed by atoms with van der Waals surface area (Å²) in [6.07, 6.45) is 0.200. The second-order valence-electron chi connectivity index (χ2n) is 2.88. The molecule has 0 spiro atoms. The number of rotatable bonds is 3. The van der Waals surface area contributed by atoms with Crippen LogP contribution in [0.15, 0.2) is 18.2 Å². The molecule has 3 nitrogen and oxygen atoms in total. The van der Waals surface area contributed by atoms with Crippen molar-refractivity contribution in [1.29, 1.82) is 0 Å². The molecule has 0 fully saturated rings. The molecule has 5 heteroatoms. The number of hydrogen-bond acceptors (Lipinski definition) is 2. The number of hydrogen-bond donors (Lipinski definition) is 2. The average molecular weight is 234 g/mol. The molecule has 0 radical (unpaired) electrons. The summed E-state index contributed by atoms with van der Waals surface area (Å²) in [4.78, 5) is 10.5. The Kier molecular flexibility index (Phi) is 3.75. The monoisotopic (exact) mass is 233 g/mol. The van der Waals surface area contributed by atoms with Gasteiger partial charge in [-0.1, -0.05) is 29.3 Å². The molecule has 0 amide bonds. The van der Waals surface area contributed by atoms with Crippen LogP contribution in [-0.4, -0.2) is 17.1 Å². The molecule has 0 aromatic heterocycles. The van der Waals surface area contributed by atoms with E-state index in [9.17, 15) is 4.79 Å². The van der Waals surface area contributed by atoms with E-state index in [0.29, 0.717) is 15.6 Å². The standard InChI is InChI=1S/C9H9Cl2NO2/c10-6-2-1-5(7(11)4-6)3-8(12)9(13)14/h1-2,4,8H,3,12H2,(H,13,14)/t8-/m0/s1. The van der Waals surface area contributed by atoms with E-state index in [2.05, 4.69) is 0 Å². The van der Waals surface area contributed by atoms with Crippen molar-refractivity contribution >= 4 is 29.2 Å². The first-order valence-corrected chi connectivity index (χ1v) is 4.68. The molecule has 76 valence electrons. The fourth-order valence-electron chi connectivity index (χ4n) is 1.01. The van der Waals surface area contributed by atoms with Crippen molar-refractivity contribution in [2.45, 2.75) is 12.5 Å². The van der Waals surface area contributed by atoms with Crippen LogP contribution in [0.1, 0.15) is 5.56 Å². The van der Waals surface area contributed by atoms with Gasteiger partial charge in [-0.2, -0.15) is 0 Å². The van der Waals surface area contributed by atoms with Crippen molar-refractivity contribution in [1.82, 2.24) is 0 Å². The molecule has 0 heterocycles. The summed E-state index contributed by atoms with van der Waals surface area (Å²) in [7, 11) is 0. The van der Waals surface area contributed by atoms with Crippen LogP contribution in [0.3, 0.4) is 0 Å². The fraction of sp³-hybridized carbons (Fsp3) is 0.222. The first-order chi connectivity index (χ1) is 6.50. The van der Waals surface area contributed by atoms with Gasteiger partial charge in [0.15, 0.2) is 0 Å². The zero-order valence-corrected chi connectivity index (χ0v) is 8.72. The zero-order valence-electron chi connectivity index (χ0n) is 7.21. The molecule has 0 unspecified atom stereocenters. The predicted molar refractivity (Wildman–Crippen MR) is 55.8 cm³/mol. The van der Waals surface area contributed by atoms with Gasteiger partial charge in [0, 0.05) is 10.0 Å². The van der Waals surface area contributed by atoms with Crippen molar-refractivity contribution in [3.05, 3.63) is 33.8 Å². The Labute approximate surface area is 91.4 Å². The fourth-order valence-corrected chi connectivity index (χ4v) is 1.50. The maximum atomic E-state index is 10.5. The lowest BCUT2D eigenvalue weighted by atomic mass is 10.1. The van der Waals surface area contributed by atoms with E-state index in [1.807, 2.05) is 0 Å². The molecule has 3 N–H and O–H groups in total. The largest absolute Gasteiger partial charge is 0.480 e. The van der Waals surface area contributed by atoms with Crippen LogP contribution in [0.2, 0.25) is 10.0 Å². The molecule has 0 aliphatic heterocycles. The Hall–Kier alpha value is -0.770. The number of nitrogens with two attached hydrogens (primary N) is 1. The topological polar surface area (TPSA) is 63.3 Å². The molecule has 14 heavy (non-hydrogen) atoms. The van der Waals surface area contributed by atoms with Gasteiger partial charge in [-0.25, -0.2) is 0 Å². The zero-order chi connectivity index (χ0) is 10.7. The summed E-state index contributed by atoms with van der Waals surface area (Å²) in [5, 5.41) is 9.55. The van der Waals surface area contributed by atoms with Gasteiger partial charge in [0.2, 0.25) is 0 Å². The smallest absolute Gasteiger partial charge is 0.320 e. The number of carbonyl (C=O) groups is 1. The first-order valence-electron chi connectivity index (χ1n) is 3.93. The summed E-state index contributed by atoms with van der Waals surface area (Å²) < 4.78 is 0. The lowest BCUT2D eigenvalue weighted by Gasteiger charge is -2.08. The van der Waals surface area contributed by atoms with Crippen LogP contribution in [-0.2, 0) is 11.2 Å². The molecule has 0 saturated carbocycles. The van der Waals surface area contributed by atoms with E-state index in [1.54, 1.807) is 18.2 Å². The third-order valence-corrected chi connectivity index (χ3v) is 2.36. The lowest BCUT2D eigenvalue weighted by Crippen LogP contribution is -2.32. The van der Waals surface area contributed by atoms with Gasteiger partial charge in [0.25, 0.3) is 0 Å². The van der Waals surface area contributed by atoms with Crippen LogP contribution in [0.5, 0.6) is 0 Å². The van der Waals surface area contributed by atoms with E-state index >= 15 is 0 Å². The molecule has 1 rings (SSSR count). The Morgan fingerprint density at radius 3 is 2.64 bits per heavy atom. The van der Waals surface area contributed by atoms with Crippen LogP contribution in [0.4, 0.5) is 0 Å². The molecule has 1 aromatic rings. The highest BCUT2D eigenvalue weighted by atomic mass is 35.5. The van der Waals surface area contributed by atoms with Crippen molar-refractivity contribution < 1.29 is 9.90 Å². The Morgan fingerprint density at radius 2 is 2.14 bits per heavy atom. The van der Waals surface area contributed by atoms with Gasteiger partial charge in [-0.3, -0.25) is 4.79 Å². The third-order valence-electron chi connectivity index (χ3n) is 1.77. The van der Waals surface area contributed by atoms with Gasteiger partial charge in [0.05, 0.1) is 0 Å². The maximum absolute atomic E-state index is 10.5. The average Bonchev–Trinajstić information content (AvgIpc) is 2.09. The normalized spacial score (nSPS) is 12.5. The van der Waals surface area contributed by atoms with E-state index < -0.39 is 12.0 Å². The number of benzene rings is 1. The second-order valence-corrected chi connectivity index (χ2v) is 3.73. The summed E-state index contributed by atoms with van der Waals surface area (Å²) in [5.74, 6) is -1.05. The molecule has 1 aromatic carbocycles. The molecular weight excluding hydrogens is 225 g/mol. The molecule has 0 aliphatic carbocycles. The highest BCUT2D eigenvalue weighted by Crippen LogP contribution is 2.21. The number of carboxylic acids is 1. The highest BCUT2D eigenvalue weighted by Gasteiger charge is 2.13. The number of halogens is 2. The Bertz CT molecular complexity index is 355. The van der Waals surface area contributed by atoms with Gasteiger partial charge in [-0.05, 0) is 24.1 Å². The van der Waals surface area contributed by atoms with Gasteiger partial charge in [0.1, 0.15) is 6.04 Å². The van der Waals surface area contributed by atoms with Gasteiger partial charge in [-0.15, -0.1) is 0 Å². The van der Waals surface area contributed by atoms with Crippen LogP contribution in [0.25, 0.3) is 0 Å². The van der Waals surface area contributed by atoms with Crippen LogP contribution < -0.4 is 5.73 Å². The highest BCUT2D eigenvalue weighted by molar-refractivity contribution is 6.35. The summed E-state index contributed by atoms with van der Waals surface area (Å²) in [6.45, 7) is 0. The molecule has 0 bridgehead atoms. The van der Waals surface area contributed by atoms with E-state index in [4.69, 9.17) is 34.0 Å². The number of aliphatic carboxylic acids is 1. The predicted octanol–water partition coefficient (Wildman–Crippen LogP) is 1.95. The van der Waals surface area contributed by atoms with E-state index in [1.165, 1.54) is 0 Å². The quantitative estimate of drug-likeness (QED) is 0.839. The van der Waals surface area contributed by atoms with E-state index in [-0.39, 0.29) is 6.42 Å². The Morgan fingerprint density at radius 1 is 1.50 bits per heavy atom. The lowest BCUT2D eigenvalue weighted by molar-refractivity contribution is -0.138. The first kappa shape index (κ1) is 11.3. The minimum absolute atomic E-state index is 0.200. The van der Waals surface area contributed by atoms with Crippen molar-refractivity contribution in [3.8, 4) is 0 Å².